The van der Waals surface area contributed by atoms with Gasteiger partial charge >= 0.3 is 0 Å². The number of ether oxygens (including phenoxy) is 3. The Morgan fingerprint density at radius 3 is 2.52 bits per heavy atom. The maximum Gasteiger partial charge on any atom is 0.179 e. The van der Waals surface area contributed by atoms with Gasteiger partial charge < -0.3 is 19.9 Å². The summed E-state index contributed by atoms with van der Waals surface area (Å²) in [4.78, 5) is 0. The highest BCUT2D eigenvalue weighted by Crippen LogP contribution is 2.36. The Morgan fingerprint density at radius 2 is 1.95 bits per heavy atom. The van der Waals surface area contributed by atoms with Gasteiger partial charge in [-0.25, -0.2) is 0 Å². The monoisotopic (exact) mass is 315 g/mol. The molecule has 0 heterocycles. The molecule has 0 bridgehead atoms. The van der Waals surface area contributed by atoms with Gasteiger partial charge in [-0.1, -0.05) is 18.5 Å². The lowest BCUT2D eigenvalue weighted by atomic mass is 10.0. The van der Waals surface area contributed by atoms with Crippen molar-refractivity contribution in [2.45, 2.75) is 45.8 Å². The summed E-state index contributed by atoms with van der Waals surface area (Å²) in [5.74, 6) is 1.19. The molecule has 0 aromatic heterocycles. The first-order valence-corrected chi connectivity index (χ1v) is 7.72. The lowest BCUT2D eigenvalue weighted by Gasteiger charge is -2.16. The highest BCUT2D eigenvalue weighted by Gasteiger charge is 2.13. The van der Waals surface area contributed by atoms with Crippen LogP contribution < -0.4 is 15.2 Å². The van der Waals surface area contributed by atoms with Crippen LogP contribution in [0.3, 0.4) is 0 Å². The van der Waals surface area contributed by atoms with E-state index in [9.17, 15) is 0 Å². The van der Waals surface area contributed by atoms with Gasteiger partial charge in [0.2, 0.25) is 0 Å². The van der Waals surface area contributed by atoms with Crippen molar-refractivity contribution < 1.29 is 14.2 Å². The van der Waals surface area contributed by atoms with Crippen molar-refractivity contribution >= 4 is 11.6 Å². The predicted octanol–water partition coefficient (Wildman–Crippen LogP) is 3.43. The van der Waals surface area contributed by atoms with Crippen LogP contribution in [0.1, 0.15) is 32.8 Å². The maximum absolute atomic E-state index is 6.29. The molecule has 0 aliphatic heterocycles. The molecule has 1 aromatic rings. The van der Waals surface area contributed by atoms with Crippen molar-refractivity contribution in [3.63, 3.8) is 0 Å². The molecule has 5 heteroatoms. The van der Waals surface area contributed by atoms with Crippen LogP contribution in [0, 0.1) is 0 Å². The van der Waals surface area contributed by atoms with E-state index in [1.54, 1.807) is 7.11 Å². The molecule has 0 radical (unpaired) electrons. The summed E-state index contributed by atoms with van der Waals surface area (Å²) in [7, 11) is 1.60. The molecule has 0 aliphatic rings. The summed E-state index contributed by atoms with van der Waals surface area (Å²) in [5.41, 5.74) is 7.03. The molecule has 0 saturated heterocycles. The topological polar surface area (TPSA) is 53.7 Å². The lowest BCUT2D eigenvalue weighted by Crippen LogP contribution is -2.21. The Kier molecular flexibility index (Phi) is 7.86. The molecule has 2 N–H and O–H groups in total. The molecular weight excluding hydrogens is 290 g/mol. The van der Waals surface area contributed by atoms with Crippen molar-refractivity contribution in [3.05, 3.63) is 22.7 Å². The van der Waals surface area contributed by atoms with Gasteiger partial charge in [-0.05, 0) is 44.4 Å². The van der Waals surface area contributed by atoms with Crippen LogP contribution >= 0.6 is 11.6 Å². The Bertz CT molecular complexity index is 438. The average Bonchev–Trinajstić information content (AvgIpc) is 2.44. The molecule has 0 fully saturated rings. The number of halogens is 1. The van der Waals surface area contributed by atoms with Crippen LogP contribution in [-0.2, 0) is 11.2 Å². The summed E-state index contributed by atoms with van der Waals surface area (Å²) < 4.78 is 16.5. The van der Waals surface area contributed by atoms with Crippen molar-refractivity contribution in [3.8, 4) is 11.5 Å². The van der Waals surface area contributed by atoms with E-state index in [1.807, 2.05) is 26.0 Å². The average molecular weight is 316 g/mol. The molecule has 1 unspecified atom stereocenters. The molecule has 0 saturated carbocycles. The highest BCUT2D eigenvalue weighted by molar-refractivity contribution is 6.32. The fourth-order valence-corrected chi connectivity index (χ4v) is 2.19. The summed E-state index contributed by atoms with van der Waals surface area (Å²) in [5, 5.41) is 0.539. The normalized spacial score (nSPS) is 12.5. The maximum atomic E-state index is 6.29. The van der Waals surface area contributed by atoms with Crippen LogP contribution in [0.2, 0.25) is 5.02 Å². The van der Waals surface area contributed by atoms with E-state index < -0.39 is 0 Å². The summed E-state index contributed by atoms with van der Waals surface area (Å²) >= 11 is 6.29. The standard InChI is InChI=1S/C16H26ClNO3/c1-5-13(18)8-12-9-14(17)16(15(10-12)19-4)21-7-6-20-11(2)3/h9-11,13H,5-8,18H2,1-4H3. The molecule has 1 atom stereocenters. The fourth-order valence-electron chi connectivity index (χ4n) is 1.91. The van der Waals surface area contributed by atoms with Gasteiger partial charge in [0.25, 0.3) is 0 Å². The Hall–Kier alpha value is -0.970. The summed E-state index contributed by atoms with van der Waals surface area (Å²) in [6, 6.07) is 3.94. The van der Waals surface area contributed by atoms with Crippen LogP contribution in [-0.4, -0.2) is 32.5 Å². The van der Waals surface area contributed by atoms with E-state index in [2.05, 4.69) is 6.92 Å². The van der Waals surface area contributed by atoms with E-state index in [0.29, 0.717) is 29.7 Å². The molecule has 0 spiro atoms. The SMILES string of the molecule is CCC(N)Cc1cc(Cl)c(OCCOC(C)C)c(OC)c1. The third-order valence-electron chi connectivity index (χ3n) is 3.09. The Balaban J connectivity index is 2.75. The minimum absolute atomic E-state index is 0.122. The van der Waals surface area contributed by atoms with Gasteiger partial charge in [0, 0.05) is 6.04 Å². The zero-order valence-corrected chi connectivity index (χ0v) is 14.1. The van der Waals surface area contributed by atoms with Crippen LogP contribution in [0.15, 0.2) is 12.1 Å². The zero-order chi connectivity index (χ0) is 15.8. The smallest absolute Gasteiger partial charge is 0.179 e. The second-order valence-corrected chi connectivity index (χ2v) is 5.66. The first-order valence-electron chi connectivity index (χ1n) is 7.34. The molecule has 1 rings (SSSR count). The first kappa shape index (κ1) is 18.1. The van der Waals surface area contributed by atoms with Crippen molar-refractivity contribution in [2.75, 3.05) is 20.3 Å². The molecule has 0 aliphatic carbocycles. The molecule has 1 aromatic carbocycles. The van der Waals surface area contributed by atoms with Crippen molar-refractivity contribution in [1.82, 2.24) is 0 Å². The quantitative estimate of drug-likeness (QED) is 0.709. The zero-order valence-electron chi connectivity index (χ0n) is 13.3. The third kappa shape index (κ3) is 6.12. The number of rotatable bonds is 9. The van der Waals surface area contributed by atoms with Gasteiger partial charge in [-0.2, -0.15) is 0 Å². The number of nitrogens with two attached hydrogens (primary N) is 1. The number of hydrogen-bond acceptors (Lipinski definition) is 4. The molecule has 0 amide bonds. The third-order valence-corrected chi connectivity index (χ3v) is 3.37. The highest BCUT2D eigenvalue weighted by atomic mass is 35.5. The molecule has 120 valence electrons. The van der Waals surface area contributed by atoms with E-state index >= 15 is 0 Å². The molecule has 4 nitrogen and oxygen atoms in total. The first-order chi connectivity index (χ1) is 9.97. The largest absolute Gasteiger partial charge is 0.493 e. The second kappa shape index (κ2) is 9.13. The summed E-state index contributed by atoms with van der Waals surface area (Å²) in [6.07, 6.45) is 1.87. The predicted molar refractivity (Wildman–Crippen MR) is 86.6 cm³/mol. The van der Waals surface area contributed by atoms with Crippen molar-refractivity contribution in [2.24, 2.45) is 5.73 Å². The number of methoxy groups -OCH3 is 1. The Labute approximate surface area is 132 Å². The van der Waals surface area contributed by atoms with Gasteiger partial charge in [-0.3, -0.25) is 0 Å². The van der Waals surface area contributed by atoms with E-state index in [4.69, 9.17) is 31.5 Å². The van der Waals surface area contributed by atoms with Crippen LogP contribution in [0.4, 0.5) is 0 Å². The Morgan fingerprint density at radius 1 is 1.24 bits per heavy atom. The van der Waals surface area contributed by atoms with Crippen molar-refractivity contribution in [1.29, 1.82) is 0 Å². The van der Waals surface area contributed by atoms with Gasteiger partial charge in [0.1, 0.15) is 6.61 Å². The minimum Gasteiger partial charge on any atom is -0.493 e. The van der Waals surface area contributed by atoms with Crippen LogP contribution in [0.5, 0.6) is 11.5 Å². The lowest BCUT2D eigenvalue weighted by molar-refractivity contribution is 0.0547. The summed E-state index contributed by atoms with van der Waals surface area (Å²) in [6.45, 7) is 6.98. The van der Waals surface area contributed by atoms with E-state index in [-0.39, 0.29) is 12.1 Å². The van der Waals surface area contributed by atoms with E-state index in [1.165, 1.54) is 0 Å². The van der Waals surface area contributed by atoms with Crippen LogP contribution in [0.25, 0.3) is 0 Å². The van der Waals surface area contributed by atoms with Gasteiger partial charge in [0.05, 0.1) is 24.8 Å². The minimum atomic E-state index is 0.122. The molecule has 21 heavy (non-hydrogen) atoms. The van der Waals surface area contributed by atoms with E-state index in [0.717, 1.165) is 18.4 Å². The fraction of sp³-hybridized carbons (Fsp3) is 0.625. The molecular formula is C16H26ClNO3. The number of benzene rings is 1. The number of hydrogen-bond donors (Lipinski definition) is 1. The second-order valence-electron chi connectivity index (χ2n) is 5.25. The van der Waals surface area contributed by atoms with Gasteiger partial charge in [-0.15, -0.1) is 0 Å². The van der Waals surface area contributed by atoms with Gasteiger partial charge in [0.15, 0.2) is 11.5 Å².